The molecule has 0 spiro atoms. The molecule has 1 aliphatic carbocycles. The number of aryl methyl sites for hydroxylation is 2. The van der Waals surface area contributed by atoms with E-state index in [4.69, 9.17) is 0 Å². The number of carbonyl (C=O) groups excluding carboxylic acids is 1. The predicted octanol–water partition coefficient (Wildman–Crippen LogP) is 2.67. The zero-order valence-electron chi connectivity index (χ0n) is 13.7. The van der Waals surface area contributed by atoms with Crippen LogP contribution in [0.25, 0.3) is 0 Å². The Morgan fingerprint density at radius 1 is 1.16 bits per heavy atom. The van der Waals surface area contributed by atoms with Gasteiger partial charge in [0.2, 0.25) is 10.0 Å². The number of rotatable bonds is 4. The van der Waals surface area contributed by atoms with Crippen molar-refractivity contribution in [3.8, 4) is 0 Å². The Labute approximate surface area is 150 Å². The van der Waals surface area contributed by atoms with Gasteiger partial charge in [0.25, 0.3) is 5.91 Å². The van der Waals surface area contributed by atoms with Gasteiger partial charge in [-0.2, -0.15) is 4.31 Å². The number of sulfonamides is 1. The first-order valence-electron chi connectivity index (χ1n) is 8.44. The predicted molar refractivity (Wildman–Crippen MR) is 96.5 cm³/mol. The zero-order chi connectivity index (χ0) is 17.4. The van der Waals surface area contributed by atoms with Crippen LogP contribution in [0.1, 0.15) is 40.2 Å². The van der Waals surface area contributed by atoms with Gasteiger partial charge in [0, 0.05) is 23.5 Å². The minimum Gasteiger partial charge on any atom is -0.298 e. The number of anilines is 1. The lowest BCUT2D eigenvalue weighted by Gasteiger charge is -2.15. The average Bonchev–Trinajstić information content (AvgIpc) is 3.32. The molecule has 6 nitrogen and oxygen atoms in total. The summed E-state index contributed by atoms with van der Waals surface area (Å²) in [7, 11) is -3.52. The number of aromatic nitrogens is 1. The number of benzene rings is 1. The molecule has 132 valence electrons. The number of nitrogens with zero attached hydrogens (tertiary/aromatic N) is 2. The molecule has 1 saturated heterocycles. The van der Waals surface area contributed by atoms with Crippen molar-refractivity contribution in [2.75, 3.05) is 18.4 Å². The smallest absolute Gasteiger partial charge is 0.257 e. The van der Waals surface area contributed by atoms with E-state index in [2.05, 4.69) is 10.3 Å². The van der Waals surface area contributed by atoms with Gasteiger partial charge >= 0.3 is 0 Å². The third kappa shape index (κ3) is 3.21. The lowest BCUT2D eigenvalue weighted by Crippen LogP contribution is -2.28. The monoisotopic (exact) mass is 377 g/mol. The molecule has 1 fully saturated rings. The molecule has 8 heteroatoms. The van der Waals surface area contributed by atoms with Gasteiger partial charge in [-0.3, -0.25) is 10.1 Å². The molecule has 0 bridgehead atoms. The van der Waals surface area contributed by atoms with Crippen molar-refractivity contribution in [2.24, 2.45) is 0 Å². The van der Waals surface area contributed by atoms with Crippen molar-refractivity contribution in [1.82, 2.24) is 9.29 Å². The molecule has 1 aromatic heterocycles. The fourth-order valence-corrected chi connectivity index (χ4v) is 5.90. The molecule has 1 aliphatic heterocycles. The van der Waals surface area contributed by atoms with Crippen molar-refractivity contribution in [3.63, 3.8) is 0 Å². The normalized spacial score (nSPS) is 17.6. The Morgan fingerprint density at radius 3 is 2.72 bits per heavy atom. The highest BCUT2D eigenvalue weighted by molar-refractivity contribution is 7.89. The van der Waals surface area contributed by atoms with Gasteiger partial charge in [0.1, 0.15) is 0 Å². The maximum atomic E-state index is 12.6. The van der Waals surface area contributed by atoms with E-state index in [1.54, 1.807) is 18.2 Å². The Bertz CT molecular complexity index is 893. The van der Waals surface area contributed by atoms with Crippen LogP contribution in [0.2, 0.25) is 0 Å². The van der Waals surface area contributed by atoms with E-state index in [1.165, 1.54) is 26.6 Å². The molecule has 0 saturated carbocycles. The maximum Gasteiger partial charge on any atom is 0.257 e. The standard InChI is InChI=1S/C17H19N3O3S2/c21-16(19-17-18-14-7-4-8-15(14)24-17)12-5-3-6-13(11-12)25(22,23)20-9-1-2-10-20/h3,5-6,11H,1-2,4,7-10H2,(H,18,19,21). The van der Waals surface area contributed by atoms with Crippen molar-refractivity contribution in [3.05, 3.63) is 40.4 Å². The van der Waals surface area contributed by atoms with Gasteiger partial charge in [-0.05, 0) is 50.3 Å². The second kappa shape index (κ2) is 6.51. The summed E-state index contributed by atoms with van der Waals surface area (Å²) in [6.07, 6.45) is 4.87. The van der Waals surface area contributed by atoms with E-state index in [0.717, 1.165) is 37.8 Å². The van der Waals surface area contributed by atoms with E-state index in [0.29, 0.717) is 23.8 Å². The summed E-state index contributed by atoms with van der Waals surface area (Å²) in [5, 5.41) is 3.38. The molecule has 2 aromatic rings. The molecule has 0 radical (unpaired) electrons. The lowest BCUT2D eigenvalue weighted by atomic mass is 10.2. The van der Waals surface area contributed by atoms with Crippen molar-refractivity contribution < 1.29 is 13.2 Å². The topological polar surface area (TPSA) is 79.4 Å². The molecule has 1 N–H and O–H groups in total. The molecule has 2 heterocycles. The summed E-state index contributed by atoms with van der Waals surface area (Å²) < 4.78 is 26.8. The summed E-state index contributed by atoms with van der Waals surface area (Å²) in [5.41, 5.74) is 1.40. The van der Waals surface area contributed by atoms with Crippen LogP contribution >= 0.6 is 11.3 Å². The van der Waals surface area contributed by atoms with E-state index >= 15 is 0 Å². The number of carbonyl (C=O) groups is 1. The van der Waals surface area contributed by atoms with Crippen LogP contribution < -0.4 is 5.32 Å². The third-order valence-corrected chi connectivity index (χ3v) is 7.58. The second-order valence-electron chi connectivity index (χ2n) is 6.34. The SMILES string of the molecule is O=C(Nc1nc2c(s1)CCC2)c1cccc(S(=O)(=O)N2CCCC2)c1. The van der Waals surface area contributed by atoms with E-state index < -0.39 is 10.0 Å². The molecule has 4 rings (SSSR count). The van der Waals surface area contributed by atoms with Crippen molar-refractivity contribution in [1.29, 1.82) is 0 Å². The van der Waals surface area contributed by atoms with Crippen LogP contribution in [0.4, 0.5) is 5.13 Å². The minimum atomic E-state index is -3.52. The van der Waals surface area contributed by atoms with Crippen LogP contribution in [0, 0.1) is 0 Å². The van der Waals surface area contributed by atoms with Gasteiger partial charge in [-0.15, -0.1) is 11.3 Å². The van der Waals surface area contributed by atoms with Gasteiger partial charge in [-0.25, -0.2) is 13.4 Å². The van der Waals surface area contributed by atoms with Gasteiger partial charge < -0.3 is 0 Å². The first kappa shape index (κ1) is 16.7. The van der Waals surface area contributed by atoms with Crippen molar-refractivity contribution >= 4 is 32.4 Å². The fourth-order valence-electron chi connectivity index (χ4n) is 3.29. The number of hydrogen-bond acceptors (Lipinski definition) is 5. The summed E-state index contributed by atoms with van der Waals surface area (Å²) in [6.45, 7) is 1.09. The highest BCUT2D eigenvalue weighted by atomic mass is 32.2. The maximum absolute atomic E-state index is 12.6. The Kier molecular flexibility index (Phi) is 4.35. The highest BCUT2D eigenvalue weighted by Crippen LogP contribution is 2.30. The van der Waals surface area contributed by atoms with Gasteiger partial charge in [0.05, 0.1) is 10.6 Å². The van der Waals surface area contributed by atoms with Gasteiger partial charge in [-0.1, -0.05) is 6.07 Å². The Morgan fingerprint density at radius 2 is 1.96 bits per heavy atom. The van der Waals surface area contributed by atoms with Crippen LogP contribution in [-0.4, -0.2) is 36.7 Å². The molecule has 1 aromatic carbocycles. The van der Waals surface area contributed by atoms with Crippen molar-refractivity contribution in [2.45, 2.75) is 37.0 Å². The molecular formula is C17H19N3O3S2. The fraction of sp³-hybridized carbons (Fsp3) is 0.412. The number of thiazole rings is 1. The molecule has 0 atom stereocenters. The number of amides is 1. The number of hydrogen-bond donors (Lipinski definition) is 1. The van der Waals surface area contributed by atoms with Crippen LogP contribution in [0.3, 0.4) is 0 Å². The third-order valence-electron chi connectivity index (χ3n) is 4.62. The first-order chi connectivity index (χ1) is 12.0. The highest BCUT2D eigenvalue weighted by Gasteiger charge is 2.27. The minimum absolute atomic E-state index is 0.170. The Hall–Kier alpha value is -1.77. The zero-order valence-corrected chi connectivity index (χ0v) is 15.3. The molecule has 2 aliphatic rings. The van der Waals surface area contributed by atoms with E-state index in [-0.39, 0.29) is 10.8 Å². The lowest BCUT2D eigenvalue weighted by molar-refractivity contribution is 0.102. The van der Waals surface area contributed by atoms with Gasteiger partial charge in [0.15, 0.2) is 5.13 Å². The first-order valence-corrected chi connectivity index (χ1v) is 10.7. The molecular weight excluding hydrogens is 358 g/mol. The van der Waals surface area contributed by atoms with Crippen LogP contribution in [0.15, 0.2) is 29.2 Å². The molecule has 0 unspecified atom stereocenters. The molecule has 25 heavy (non-hydrogen) atoms. The largest absolute Gasteiger partial charge is 0.298 e. The number of nitrogens with one attached hydrogen (secondary N) is 1. The molecule has 1 amide bonds. The van der Waals surface area contributed by atoms with E-state index in [9.17, 15) is 13.2 Å². The average molecular weight is 377 g/mol. The van der Waals surface area contributed by atoms with E-state index in [1.807, 2.05) is 0 Å². The quantitative estimate of drug-likeness (QED) is 0.888. The summed E-state index contributed by atoms with van der Waals surface area (Å²) >= 11 is 1.51. The second-order valence-corrected chi connectivity index (χ2v) is 9.36. The van der Waals surface area contributed by atoms with Crippen LogP contribution in [-0.2, 0) is 22.9 Å². The summed E-state index contributed by atoms with van der Waals surface area (Å²) in [6, 6.07) is 6.23. The number of fused-ring (bicyclic) bond motifs is 1. The summed E-state index contributed by atoms with van der Waals surface area (Å²) in [5.74, 6) is -0.328. The van der Waals surface area contributed by atoms with Crippen LogP contribution in [0.5, 0.6) is 0 Å². The summed E-state index contributed by atoms with van der Waals surface area (Å²) in [4.78, 5) is 18.3. The Balaban J connectivity index is 1.55.